The fourth-order valence-corrected chi connectivity index (χ4v) is 2.70. The number of benzene rings is 2. The van der Waals surface area contributed by atoms with E-state index in [2.05, 4.69) is 21.2 Å². The van der Waals surface area contributed by atoms with E-state index < -0.39 is 0 Å². The summed E-state index contributed by atoms with van der Waals surface area (Å²) in [5, 5.41) is 2.66. The van der Waals surface area contributed by atoms with Crippen LogP contribution >= 0.6 is 15.9 Å². The summed E-state index contributed by atoms with van der Waals surface area (Å²) in [6.45, 7) is 2.72. The van der Waals surface area contributed by atoms with E-state index in [0.29, 0.717) is 24.5 Å². The molecule has 0 unspecified atom stereocenters. The fourth-order valence-electron chi connectivity index (χ4n) is 2.29. The van der Waals surface area contributed by atoms with Gasteiger partial charge in [-0.1, -0.05) is 46.3 Å². The number of para-hydroxylation sites is 1. The van der Waals surface area contributed by atoms with Gasteiger partial charge in [-0.15, -0.1) is 0 Å². The van der Waals surface area contributed by atoms with Crippen LogP contribution in [0.25, 0.3) is 0 Å². The van der Waals surface area contributed by atoms with Crippen LogP contribution < -0.4 is 10.1 Å². The molecule has 0 bridgehead atoms. The Labute approximate surface area is 156 Å². The lowest BCUT2D eigenvalue weighted by atomic mass is 10.2. The van der Waals surface area contributed by atoms with Gasteiger partial charge in [-0.25, -0.2) is 0 Å². The summed E-state index contributed by atoms with van der Waals surface area (Å²) in [7, 11) is 1.71. The van der Waals surface area contributed by atoms with Crippen molar-refractivity contribution in [1.29, 1.82) is 0 Å². The summed E-state index contributed by atoms with van der Waals surface area (Å²) in [4.78, 5) is 26.2. The number of ether oxygens (including phenoxy) is 1. The fraction of sp³-hybridized carbons (Fsp3) is 0.263. The second-order valence-electron chi connectivity index (χ2n) is 5.45. The Morgan fingerprint density at radius 2 is 1.80 bits per heavy atom. The third kappa shape index (κ3) is 5.32. The Bertz CT molecular complexity index is 749. The molecule has 0 aliphatic rings. The summed E-state index contributed by atoms with van der Waals surface area (Å²) in [6.07, 6.45) is 0. The first-order valence-electron chi connectivity index (χ1n) is 8.00. The lowest BCUT2D eigenvalue weighted by Crippen LogP contribution is -2.38. The molecule has 2 aromatic carbocycles. The largest absolute Gasteiger partial charge is 0.493 e. The quantitative estimate of drug-likeness (QED) is 0.770. The van der Waals surface area contributed by atoms with Crippen LogP contribution in [0.15, 0.2) is 53.0 Å². The molecule has 6 heteroatoms. The second kappa shape index (κ2) is 9.22. The molecule has 0 saturated carbocycles. The van der Waals surface area contributed by atoms with E-state index in [9.17, 15) is 9.59 Å². The van der Waals surface area contributed by atoms with E-state index >= 15 is 0 Å². The molecule has 0 fully saturated rings. The molecule has 0 heterocycles. The van der Waals surface area contributed by atoms with Gasteiger partial charge < -0.3 is 15.0 Å². The summed E-state index contributed by atoms with van der Waals surface area (Å²) in [5.74, 6) is 0.0150. The zero-order valence-electron chi connectivity index (χ0n) is 14.3. The topological polar surface area (TPSA) is 58.6 Å². The van der Waals surface area contributed by atoms with Crippen molar-refractivity contribution in [3.05, 3.63) is 64.1 Å². The molecule has 1 N–H and O–H groups in total. The van der Waals surface area contributed by atoms with Gasteiger partial charge in [0.2, 0.25) is 5.91 Å². The molecule has 2 rings (SSSR count). The highest BCUT2D eigenvalue weighted by Gasteiger charge is 2.15. The van der Waals surface area contributed by atoms with Crippen molar-refractivity contribution >= 4 is 27.7 Å². The Morgan fingerprint density at radius 3 is 2.52 bits per heavy atom. The number of carbonyl (C=O) groups is 2. The maximum absolute atomic E-state index is 12.3. The van der Waals surface area contributed by atoms with Crippen LogP contribution in [0.2, 0.25) is 0 Å². The van der Waals surface area contributed by atoms with Gasteiger partial charge in [0.1, 0.15) is 5.75 Å². The van der Waals surface area contributed by atoms with Crippen LogP contribution in [0.4, 0.5) is 0 Å². The Morgan fingerprint density at radius 1 is 1.12 bits per heavy atom. The highest BCUT2D eigenvalue weighted by atomic mass is 79.9. The molecule has 0 radical (unpaired) electrons. The van der Waals surface area contributed by atoms with Gasteiger partial charge in [0.05, 0.1) is 18.7 Å². The Hall–Kier alpha value is -2.34. The Balaban J connectivity index is 1.93. The molecule has 0 aromatic heterocycles. The first-order valence-corrected chi connectivity index (χ1v) is 8.79. The predicted octanol–water partition coefficient (Wildman–Crippen LogP) is 3.24. The van der Waals surface area contributed by atoms with Crippen LogP contribution in [-0.2, 0) is 11.3 Å². The average molecular weight is 405 g/mol. The monoisotopic (exact) mass is 404 g/mol. The van der Waals surface area contributed by atoms with Gasteiger partial charge in [-0.05, 0) is 30.7 Å². The summed E-state index contributed by atoms with van der Waals surface area (Å²) >= 11 is 3.47. The van der Waals surface area contributed by atoms with Crippen LogP contribution in [0.1, 0.15) is 22.8 Å². The highest BCUT2D eigenvalue weighted by molar-refractivity contribution is 9.10. The SMILES string of the molecule is CCOc1ccccc1C(=O)NCC(=O)N(C)Cc1ccccc1Br. The van der Waals surface area contributed by atoms with E-state index in [1.54, 1.807) is 36.2 Å². The van der Waals surface area contributed by atoms with Crippen LogP contribution in [0.3, 0.4) is 0 Å². The van der Waals surface area contributed by atoms with Gasteiger partial charge in [0, 0.05) is 18.1 Å². The van der Waals surface area contributed by atoms with Gasteiger partial charge in [0.15, 0.2) is 0 Å². The maximum Gasteiger partial charge on any atom is 0.255 e. The number of nitrogens with zero attached hydrogens (tertiary/aromatic N) is 1. The van der Waals surface area contributed by atoms with Crippen molar-refractivity contribution in [2.45, 2.75) is 13.5 Å². The Kier molecular flexibility index (Phi) is 7.01. The van der Waals surface area contributed by atoms with Crippen molar-refractivity contribution in [3.8, 4) is 5.75 Å². The minimum absolute atomic E-state index is 0.0692. The lowest BCUT2D eigenvalue weighted by molar-refractivity contribution is -0.129. The standard InChI is InChI=1S/C19H21BrN2O3/c1-3-25-17-11-7-5-9-15(17)19(24)21-12-18(23)22(2)13-14-8-4-6-10-16(14)20/h4-11H,3,12-13H2,1-2H3,(H,21,24). The van der Waals surface area contributed by atoms with E-state index in [0.717, 1.165) is 10.0 Å². The molecular formula is C19H21BrN2O3. The number of nitrogens with one attached hydrogen (secondary N) is 1. The predicted molar refractivity (Wildman–Crippen MR) is 101 cm³/mol. The van der Waals surface area contributed by atoms with E-state index in [-0.39, 0.29) is 18.4 Å². The van der Waals surface area contributed by atoms with Gasteiger partial charge in [-0.3, -0.25) is 9.59 Å². The molecule has 5 nitrogen and oxygen atoms in total. The van der Waals surface area contributed by atoms with Crippen LogP contribution in [0.5, 0.6) is 5.75 Å². The molecule has 0 atom stereocenters. The van der Waals surface area contributed by atoms with Gasteiger partial charge in [-0.2, -0.15) is 0 Å². The van der Waals surface area contributed by atoms with Crippen LogP contribution in [0, 0.1) is 0 Å². The number of carbonyl (C=O) groups excluding carboxylic acids is 2. The molecule has 0 spiro atoms. The van der Waals surface area contributed by atoms with Crippen molar-refractivity contribution in [3.63, 3.8) is 0 Å². The number of halogens is 1. The molecule has 25 heavy (non-hydrogen) atoms. The second-order valence-corrected chi connectivity index (χ2v) is 6.31. The minimum Gasteiger partial charge on any atom is -0.493 e. The first-order chi connectivity index (χ1) is 12.0. The molecular weight excluding hydrogens is 384 g/mol. The zero-order valence-corrected chi connectivity index (χ0v) is 15.9. The zero-order chi connectivity index (χ0) is 18.2. The molecule has 0 aliphatic carbocycles. The molecule has 132 valence electrons. The van der Waals surface area contributed by atoms with Gasteiger partial charge in [0.25, 0.3) is 5.91 Å². The number of amides is 2. The maximum atomic E-state index is 12.3. The number of likely N-dealkylation sites (N-methyl/N-ethyl adjacent to an activating group) is 1. The number of rotatable bonds is 7. The van der Waals surface area contributed by atoms with Crippen molar-refractivity contribution in [2.75, 3.05) is 20.2 Å². The van der Waals surface area contributed by atoms with Crippen molar-refractivity contribution in [2.24, 2.45) is 0 Å². The van der Waals surface area contributed by atoms with Crippen LogP contribution in [-0.4, -0.2) is 36.9 Å². The summed E-state index contributed by atoms with van der Waals surface area (Å²) in [6, 6.07) is 14.7. The van der Waals surface area contributed by atoms with Gasteiger partial charge >= 0.3 is 0 Å². The molecule has 0 saturated heterocycles. The number of hydrogen-bond donors (Lipinski definition) is 1. The van der Waals surface area contributed by atoms with E-state index in [1.807, 2.05) is 31.2 Å². The van der Waals surface area contributed by atoms with Crippen molar-refractivity contribution < 1.29 is 14.3 Å². The normalized spacial score (nSPS) is 10.2. The number of hydrogen-bond acceptors (Lipinski definition) is 3. The lowest BCUT2D eigenvalue weighted by Gasteiger charge is -2.18. The average Bonchev–Trinajstić information content (AvgIpc) is 2.62. The molecule has 2 aromatic rings. The van der Waals surface area contributed by atoms with E-state index in [4.69, 9.17) is 4.74 Å². The van der Waals surface area contributed by atoms with Crippen molar-refractivity contribution in [1.82, 2.24) is 10.2 Å². The molecule has 2 amide bonds. The smallest absolute Gasteiger partial charge is 0.255 e. The third-order valence-electron chi connectivity index (χ3n) is 3.62. The molecule has 0 aliphatic heterocycles. The highest BCUT2D eigenvalue weighted by Crippen LogP contribution is 2.18. The minimum atomic E-state index is -0.327. The van der Waals surface area contributed by atoms with E-state index in [1.165, 1.54) is 0 Å². The first kappa shape index (κ1) is 19.0. The third-order valence-corrected chi connectivity index (χ3v) is 4.40. The summed E-state index contributed by atoms with van der Waals surface area (Å²) < 4.78 is 6.39. The summed E-state index contributed by atoms with van der Waals surface area (Å²) in [5.41, 5.74) is 1.43.